The van der Waals surface area contributed by atoms with Crippen LogP contribution in [0.3, 0.4) is 0 Å². The van der Waals surface area contributed by atoms with Gasteiger partial charge in [-0.15, -0.1) is 0 Å². The molecule has 10 heteroatoms. The SMILES string of the molecule is C=C(Nc1c/c(=c2/ccc(F)c3c2=C(C#N)C(=N)S3)c(F)c/c1=C(/C)N(C)C(CC)CC(C)C(C)C)OCC12CCCN1CC(C)C2.C=CC(C)=O. The number of carbonyl (C=O) groups is 1. The number of ketones is 1. The summed E-state index contributed by atoms with van der Waals surface area (Å²) in [6.45, 7) is 24.9. The van der Waals surface area contributed by atoms with Crippen molar-refractivity contribution in [1.82, 2.24) is 9.80 Å². The molecular formula is C42H55F2N5O2S. The van der Waals surface area contributed by atoms with Crippen molar-refractivity contribution in [2.24, 2.45) is 17.8 Å². The van der Waals surface area contributed by atoms with E-state index in [2.05, 4.69) is 69.9 Å². The van der Waals surface area contributed by atoms with Gasteiger partial charge < -0.3 is 15.0 Å². The fourth-order valence-corrected chi connectivity index (χ4v) is 8.61. The van der Waals surface area contributed by atoms with Gasteiger partial charge in [0.15, 0.2) is 11.7 Å². The Morgan fingerprint density at radius 2 is 1.94 bits per heavy atom. The minimum absolute atomic E-state index is 0.0185. The summed E-state index contributed by atoms with van der Waals surface area (Å²) in [7, 11) is 2.07. The predicted molar refractivity (Wildman–Crippen MR) is 209 cm³/mol. The second-order valence-electron chi connectivity index (χ2n) is 15.0. The second kappa shape index (κ2) is 17.3. The third-order valence-electron chi connectivity index (χ3n) is 11.1. The molecule has 52 heavy (non-hydrogen) atoms. The molecule has 0 bridgehead atoms. The van der Waals surface area contributed by atoms with Gasteiger partial charge in [0.05, 0.1) is 21.7 Å². The van der Waals surface area contributed by atoms with E-state index in [0.29, 0.717) is 46.4 Å². The molecule has 2 saturated heterocycles. The van der Waals surface area contributed by atoms with Crippen molar-refractivity contribution in [2.45, 2.75) is 97.0 Å². The highest BCUT2D eigenvalue weighted by molar-refractivity contribution is 8.15. The van der Waals surface area contributed by atoms with Gasteiger partial charge in [-0.25, -0.2) is 8.78 Å². The molecule has 4 unspecified atom stereocenters. The van der Waals surface area contributed by atoms with Crippen molar-refractivity contribution in [1.29, 1.82) is 10.7 Å². The van der Waals surface area contributed by atoms with E-state index in [9.17, 15) is 14.4 Å². The number of hydrogen-bond acceptors (Lipinski definition) is 8. The Kier molecular flexibility index (Phi) is 13.5. The van der Waals surface area contributed by atoms with Gasteiger partial charge in [0, 0.05) is 41.0 Å². The van der Waals surface area contributed by atoms with Gasteiger partial charge in [0.1, 0.15) is 29.4 Å². The van der Waals surface area contributed by atoms with Gasteiger partial charge in [0.2, 0.25) is 0 Å². The van der Waals surface area contributed by atoms with E-state index in [4.69, 9.17) is 10.1 Å². The fourth-order valence-electron chi connectivity index (χ4n) is 7.68. The lowest BCUT2D eigenvalue weighted by atomic mass is 9.89. The minimum atomic E-state index is -0.533. The molecule has 7 nitrogen and oxygen atoms in total. The highest BCUT2D eigenvalue weighted by Crippen LogP contribution is 2.42. The van der Waals surface area contributed by atoms with Crippen LogP contribution in [0.5, 0.6) is 0 Å². The van der Waals surface area contributed by atoms with Crippen LogP contribution >= 0.6 is 11.8 Å². The summed E-state index contributed by atoms with van der Waals surface area (Å²) in [5.74, 6) is 1.07. The summed E-state index contributed by atoms with van der Waals surface area (Å²) < 4.78 is 37.6. The number of nitriles is 1. The van der Waals surface area contributed by atoms with Crippen LogP contribution in [-0.2, 0) is 9.53 Å². The molecule has 4 atom stereocenters. The number of thioether (sulfide) groups is 1. The molecule has 0 aliphatic carbocycles. The predicted octanol–water partition coefficient (Wildman–Crippen LogP) is 8.07. The summed E-state index contributed by atoms with van der Waals surface area (Å²) in [5, 5.41) is 23.0. The van der Waals surface area contributed by atoms with Crippen LogP contribution in [0, 0.1) is 56.6 Å². The van der Waals surface area contributed by atoms with Crippen molar-refractivity contribution < 1.29 is 18.3 Å². The lowest BCUT2D eigenvalue weighted by Crippen LogP contribution is -2.42. The number of fused-ring (bicyclic) bond motifs is 2. The molecule has 3 aliphatic rings. The molecule has 280 valence electrons. The van der Waals surface area contributed by atoms with Gasteiger partial charge in [-0.3, -0.25) is 15.1 Å². The molecule has 0 spiro atoms. The quantitative estimate of drug-likeness (QED) is 0.169. The topological polar surface area (TPSA) is 92.4 Å². The van der Waals surface area contributed by atoms with Crippen molar-refractivity contribution in [3.8, 4) is 6.07 Å². The van der Waals surface area contributed by atoms with Crippen molar-refractivity contribution in [3.05, 3.63) is 81.9 Å². The van der Waals surface area contributed by atoms with E-state index in [1.165, 1.54) is 31.2 Å². The number of anilines is 1. The van der Waals surface area contributed by atoms with E-state index in [1.807, 2.05) is 13.0 Å². The zero-order valence-corrected chi connectivity index (χ0v) is 32.9. The Bertz CT molecular complexity index is 1990. The Hall–Kier alpha value is -3.94. The molecule has 2 fully saturated rings. The summed E-state index contributed by atoms with van der Waals surface area (Å²) in [5.41, 5.74) is 1.58. The van der Waals surface area contributed by atoms with Crippen LogP contribution in [0.25, 0.3) is 11.3 Å². The van der Waals surface area contributed by atoms with Crippen LogP contribution in [0.4, 0.5) is 14.5 Å². The van der Waals surface area contributed by atoms with Crippen molar-refractivity contribution in [3.63, 3.8) is 0 Å². The number of nitrogens with one attached hydrogen (secondary N) is 2. The number of benzene rings is 2. The van der Waals surface area contributed by atoms with Gasteiger partial charge in [-0.1, -0.05) is 59.0 Å². The third-order valence-corrected chi connectivity index (χ3v) is 12.1. The second-order valence-corrected chi connectivity index (χ2v) is 16.1. The van der Waals surface area contributed by atoms with E-state index in [-0.39, 0.29) is 43.3 Å². The summed E-state index contributed by atoms with van der Waals surface area (Å²) in [6, 6.07) is 8.30. The monoisotopic (exact) mass is 731 g/mol. The number of allylic oxidation sites excluding steroid dienone is 1. The molecule has 0 saturated carbocycles. The molecule has 0 radical (unpaired) electrons. The first-order valence-corrected chi connectivity index (χ1v) is 19.1. The maximum absolute atomic E-state index is 16.3. The Morgan fingerprint density at radius 1 is 1.25 bits per heavy atom. The molecule has 2 aromatic carbocycles. The highest BCUT2D eigenvalue weighted by atomic mass is 32.2. The zero-order chi connectivity index (χ0) is 38.5. The van der Waals surface area contributed by atoms with Crippen LogP contribution in [-0.4, -0.2) is 59.0 Å². The Labute approximate surface area is 312 Å². The van der Waals surface area contributed by atoms with E-state index in [1.54, 1.807) is 6.07 Å². The average Bonchev–Trinajstić information content (AvgIpc) is 3.75. The smallest absolute Gasteiger partial charge is 0.183 e. The van der Waals surface area contributed by atoms with Crippen LogP contribution in [0.2, 0.25) is 0 Å². The number of nitrogens with zero attached hydrogens (tertiary/aromatic N) is 3. The van der Waals surface area contributed by atoms with Gasteiger partial charge >= 0.3 is 0 Å². The standard InChI is InChI=1S/C38H49F2N5OS.C4H6O/c1-9-27(15-24(5)22(2)3)44(8)25(6)29-16-33(40)30(28-11-12-32(39)36-35(28)31(19-41)37(42)47-36)17-34(29)43-26(7)46-21-38-13-10-14-45(38)20-23(4)18-38;1-3-4(2)5/h11-12,16-17,22-24,27,42-43H,7,9-10,13-15,18,20-21H2,1-6,8H3;3H,1H2,2H3/b29-25+,30-28+,42-37?;. The molecule has 3 heterocycles. The van der Waals surface area contributed by atoms with E-state index >= 15 is 4.39 Å². The minimum Gasteiger partial charge on any atom is -0.477 e. The summed E-state index contributed by atoms with van der Waals surface area (Å²) >= 11 is 0.892. The number of hydrogen-bond donors (Lipinski definition) is 2. The molecule has 0 amide bonds. The van der Waals surface area contributed by atoms with Crippen molar-refractivity contribution >= 4 is 39.5 Å². The van der Waals surface area contributed by atoms with Crippen LogP contribution in [0.15, 0.2) is 54.3 Å². The van der Waals surface area contributed by atoms with Crippen LogP contribution in [0.1, 0.15) is 80.6 Å². The first-order valence-electron chi connectivity index (χ1n) is 18.3. The van der Waals surface area contributed by atoms with Gasteiger partial charge in [0.25, 0.3) is 0 Å². The maximum Gasteiger partial charge on any atom is 0.183 e. The van der Waals surface area contributed by atoms with E-state index < -0.39 is 11.6 Å². The fraction of sp³-hybridized carbons (Fsp3) is 0.500. The normalized spacial score (nSPS) is 21.7. The molecule has 0 aromatic heterocycles. The average molecular weight is 732 g/mol. The highest BCUT2D eigenvalue weighted by Gasteiger charge is 2.47. The van der Waals surface area contributed by atoms with Gasteiger partial charge in [-0.05, 0) is 106 Å². The molecule has 2 N–H and O–H groups in total. The molecule has 5 rings (SSSR count). The summed E-state index contributed by atoms with van der Waals surface area (Å²) in [6.07, 6.45) is 6.59. The van der Waals surface area contributed by atoms with E-state index in [0.717, 1.165) is 62.7 Å². The first-order chi connectivity index (χ1) is 24.6. The molecule has 2 aromatic rings. The Balaban J connectivity index is 0.00000113. The van der Waals surface area contributed by atoms with Crippen molar-refractivity contribution in [2.75, 3.05) is 32.1 Å². The third kappa shape index (κ3) is 8.80. The lowest BCUT2D eigenvalue weighted by Gasteiger charge is -2.33. The largest absolute Gasteiger partial charge is 0.477 e. The van der Waals surface area contributed by atoms with Gasteiger partial charge in [-0.2, -0.15) is 5.26 Å². The zero-order valence-electron chi connectivity index (χ0n) is 32.1. The summed E-state index contributed by atoms with van der Waals surface area (Å²) in [4.78, 5) is 14.7. The molecule has 3 aliphatic heterocycles. The van der Waals surface area contributed by atoms with Crippen LogP contribution < -0.4 is 15.8 Å². The molecular weight excluding hydrogens is 677 g/mol. The number of halogens is 2. The number of ether oxygens (including phenoxy) is 1. The number of rotatable bonds is 12. The first kappa shape index (κ1) is 40.8. The number of carbonyl (C=O) groups excluding carboxylic acids is 1. The Morgan fingerprint density at radius 3 is 2.56 bits per heavy atom. The lowest BCUT2D eigenvalue weighted by molar-refractivity contribution is -0.112. The maximum atomic E-state index is 16.3.